The van der Waals surface area contributed by atoms with Gasteiger partial charge in [-0.2, -0.15) is 0 Å². The van der Waals surface area contributed by atoms with Gasteiger partial charge in [-0.15, -0.1) is 11.8 Å². The summed E-state index contributed by atoms with van der Waals surface area (Å²) >= 11 is 1.43. The second kappa shape index (κ2) is 6.37. The molecule has 0 bridgehead atoms. The molecule has 0 saturated carbocycles. The Balaban J connectivity index is 2.58. The lowest BCUT2D eigenvalue weighted by Crippen LogP contribution is -2.14. The number of aliphatic hydroxyl groups excluding tert-OH is 2. The molecule has 6 heteroatoms. The molecule has 1 aromatic rings. The van der Waals surface area contributed by atoms with E-state index in [1.165, 1.54) is 11.8 Å². The Kier molecular flexibility index (Phi) is 5.10. The van der Waals surface area contributed by atoms with Crippen LogP contribution in [0.4, 0.5) is 0 Å². The molecule has 1 aromatic carbocycles. The van der Waals surface area contributed by atoms with Gasteiger partial charge in [-0.25, -0.2) is 0 Å². The first kappa shape index (κ1) is 12.8. The molecule has 5 nitrogen and oxygen atoms in total. The van der Waals surface area contributed by atoms with Crippen molar-refractivity contribution in [3.05, 3.63) is 29.8 Å². The van der Waals surface area contributed by atoms with Crippen molar-refractivity contribution in [1.82, 2.24) is 0 Å². The van der Waals surface area contributed by atoms with Gasteiger partial charge in [0.25, 0.3) is 0 Å². The van der Waals surface area contributed by atoms with E-state index in [9.17, 15) is 0 Å². The Labute approximate surface area is 97.6 Å². The van der Waals surface area contributed by atoms with E-state index in [1.54, 1.807) is 12.1 Å². The predicted molar refractivity (Wildman–Crippen MR) is 62.8 cm³/mol. The summed E-state index contributed by atoms with van der Waals surface area (Å²) in [5, 5.41) is 29.1. The second-order valence-electron chi connectivity index (χ2n) is 3.16. The molecule has 1 rings (SSSR count). The summed E-state index contributed by atoms with van der Waals surface area (Å²) in [5.41, 5.74) is 6.04. The van der Waals surface area contributed by atoms with Gasteiger partial charge in [0.1, 0.15) is 0 Å². The second-order valence-corrected chi connectivity index (χ2v) is 4.25. The fourth-order valence-corrected chi connectivity index (χ4v) is 1.84. The van der Waals surface area contributed by atoms with E-state index in [2.05, 4.69) is 5.16 Å². The molecule has 0 fully saturated rings. The van der Waals surface area contributed by atoms with Crippen molar-refractivity contribution in [2.24, 2.45) is 10.9 Å². The third-order valence-electron chi connectivity index (χ3n) is 1.91. The summed E-state index contributed by atoms with van der Waals surface area (Å²) in [4.78, 5) is 0.946. The average Bonchev–Trinajstić information content (AvgIpc) is 2.35. The van der Waals surface area contributed by atoms with Crippen LogP contribution < -0.4 is 5.73 Å². The Morgan fingerprint density at radius 2 is 2.00 bits per heavy atom. The van der Waals surface area contributed by atoms with Gasteiger partial charge in [-0.3, -0.25) is 0 Å². The number of hydrogen-bond donors (Lipinski definition) is 4. The van der Waals surface area contributed by atoms with Crippen LogP contribution in [0.25, 0.3) is 0 Å². The number of thioether (sulfide) groups is 1. The number of rotatable bonds is 5. The molecule has 5 N–H and O–H groups in total. The van der Waals surface area contributed by atoms with Gasteiger partial charge >= 0.3 is 0 Å². The lowest BCUT2D eigenvalue weighted by atomic mass is 10.2. The summed E-state index contributed by atoms with van der Waals surface area (Å²) in [6.07, 6.45) is -0.714. The molecule has 0 aliphatic carbocycles. The predicted octanol–water partition coefficient (Wildman–Crippen LogP) is 0.226. The van der Waals surface area contributed by atoms with Gasteiger partial charge in [-0.1, -0.05) is 17.3 Å². The minimum absolute atomic E-state index is 0.0620. The maximum Gasteiger partial charge on any atom is 0.170 e. The Hall–Kier alpha value is -1.24. The largest absolute Gasteiger partial charge is 0.409 e. The third-order valence-corrected chi connectivity index (χ3v) is 3.07. The first-order chi connectivity index (χ1) is 7.67. The number of oxime groups is 1. The van der Waals surface area contributed by atoms with Crippen LogP contribution in [0.5, 0.6) is 0 Å². The smallest absolute Gasteiger partial charge is 0.170 e. The summed E-state index contributed by atoms with van der Waals surface area (Å²) < 4.78 is 0. The van der Waals surface area contributed by atoms with Crippen LogP contribution in [-0.4, -0.2) is 39.7 Å². The van der Waals surface area contributed by atoms with E-state index in [1.807, 2.05) is 12.1 Å². The Morgan fingerprint density at radius 1 is 1.38 bits per heavy atom. The van der Waals surface area contributed by atoms with Crippen molar-refractivity contribution in [3.63, 3.8) is 0 Å². The number of aliphatic hydroxyl groups is 2. The number of hydrogen-bond acceptors (Lipinski definition) is 5. The molecule has 0 heterocycles. The highest BCUT2D eigenvalue weighted by molar-refractivity contribution is 7.99. The fourth-order valence-electron chi connectivity index (χ4n) is 1.02. The van der Waals surface area contributed by atoms with Crippen LogP contribution in [0.1, 0.15) is 5.56 Å². The van der Waals surface area contributed by atoms with Gasteiger partial charge in [-0.05, 0) is 12.1 Å². The maximum atomic E-state index is 9.16. The molecule has 0 aromatic heterocycles. The minimum atomic E-state index is -0.714. The van der Waals surface area contributed by atoms with Gasteiger partial charge in [0.2, 0.25) is 0 Å². The molecule has 0 aliphatic rings. The van der Waals surface area contributed by atoms with Crippen LogP contribution >= 0.6 is 11.8 Å². The number of nitrogens with two attached hydrogens (primary N) is 1. The highest BCUT2D eigenvalue weighted by atomic mass is 32.2. The third kappa shape index (κ3) is 3.73. The topological polar surface area (TPSA) is 99.1 Å². The van der Waals surface area contributed by atoms with Crippen molar-refractivity contribution in [3.8, 4) is 0 Å². The van der Waals surface area contributed by atoms with Crippen LogP contribution in [-0.2, 0) is 0 Å². The Bertz CT molecular complexity index is 354. The lowest BCUT2D eigenvalue weighted by molar-refractivity contribution is 0.113. The normalized spacial score (nSPS) is 13.8. The van der Waals surface area contributed by atoms with Crippen LogP contribution in [0, 0.1) is 0 Å². The summed E-state index contributed by atoms with van der Waals surface area (Å²) in [5.74, 6) is 0.492. The highest BCUT2D eigenvalue weighted by Crippen LogP contribution is 2.19. The first-order valence-corrected chi connectivity index (χ1v) is 5.65. The molecule has 0 aliphatic heterocycles. The van der Waals surface area contributed by atoms with E-state index < -0.39 is 6.10 Å². The first-order valence-electron chi connectivity index (χ1n) is 4.67. The number of amidine groups is 1. The zero-order valence-electron chi connectivity index (χ0n) is 8.58. The average molecular weight is 242 g/mol. The molecule has 1 atom stereocenters. The fraction of sp³-hybridized carbons (Fsp3) is 0.300. The van der Waals surface area contributed by atoms with E-state index >= 15 is 0 Å². The summed E-state index contributed by atoms with van der Waals surface area (Å²) in [6, 6.07) is 7.07. The van der Waals surface area contributed by atoms with Crippen molar-refractivity contribution in [2.75, 3.05) is 12.4 Å². The standard InChI is InChI=1S/C10H14N2O3S/c11-10(12-15)7-1-3-9(4-2-7)16-6-8(14)5-13/h1-4,8,13-15H,5-6H2,(H2,11,12). The lowest BCUT2D eigenvalue weighted by Gasteiger charge is -2.06. The minimum Gasteiger partial charge on any atom is -0.409 e. The molecule has 1 unspecified atom stereocenters. The zero-order valence-corrected chi connectivity index (χ0v) is 9.39. The van der Waals surface area contributed by atoms with Gasteiger partial charge < -0.3 is 21.2 Å². The molecule has 0 spiro atoms. The molecular formula is C10H14N2O3S. The van der Waals surface area contributed by atoms with Crippen molar-refractivity contribution in [2.45, 2.75) is 11.0 Å². The monoisotopic (exact) mass is 242 g/mol. The zero-order chi connectivity index (χ0) is 12.0. The SMILES string of the molecule is NC(=NO)c1ccc(SCC(O)CO)cc1. The van der Waals surface area contributed by atoms with Gasteiger partial charge in [0, 0.05) is 16.2 Å². The van der Waals surface area contributed by atoms with Gasteiger partial charge in [0.15, 0.2) is 5.84 Å². The highest BCUT2D eigenvalue weighted by Gasteiger charge is 2.04. The Morgan fingerprint density at radius 3 is 2.50 bits per heavy atom. The summed E-state index contributed by atoms with van der Waals surface area (Å²) in [6.45, 7) is -0.241. The summed E-state index contributed by atoms with van der Waals surface area (Å²) in [7, 11) is 0. The van der Waals surface area contributed by atoms with Crippen LogP contribution in [0.15, 0.2) is 34.3 Å². The van der Waals surface area contributed by atoms with Crippen molar-refractivity contribution in [1.29, 1.82) is 0 Å². The van der Waals surface area contributed by atoms with E-state index in [4.69, 9.17) is 21.2 Å². The van der Waals surface area contributed by atoms with E-state index in [0.29, 0.717) is 11.3 Å². The quantitative estimate of drug-likeness (QED) is 0.195. The molecule has 0 amide bonds. The molecule has 0 saturated heterocycles. The van der Waals surface area contributed by atoms with E-state index in [0.717, 1.165) is 4.90 Å². The number of nitrogens with zero attached hydrogens (tertiary/aromatic N) is 1. The molecule has 16 heavy (non-hydrogen) atoms. The van der Waals surface area contributed by atoms with Crippen LogP contribution in [0.2, 0.25) is 0 Å². The molecule has 0 radical (unpaired) electrons. The maximum absolute atomic E-state index is 9.16. The van der Waals surface area contributed by atoms with Crippen molar-refractivity contribution >= 4 is 17.6 Å². The van der Waals surface area contributed by atoms with Crippen molar-refractivity contribution < 1.29 is 15.4 Å². The van der Waals surface area contributed by atoms with Gasteiger partial charge in [0.05, 0.1) is 12.7 Å². The van der Waals surface area contributed by atoms with E-state index in [-0.39, 0.29) is 12.4 Å². The molecular weight excluding hydrogens is 228 g/mol. The molecule has 88 valence electrons. The van der Waals surface area contributed by atoms with Crippen LogP contribution in [0.3, 0.4) is 0 Å². The number of benzene rings is 1.